The smallest absolute Gasteiger partial charge is 0.0740 e. The van der Waals surface area contributed by atoms with E-state index in [1.165, 1.54) is 11.1 Å². The van der Waals surface area contributed by atoms with E-state index in [4.69, 9.17) is 4.74 Å². The Bertz CT molecular complexity index is 355. The number of benzene rings is 1. The van der Waals surface area contributed by atoms with Gasteiger partial charge < -0.3 is 9.84 Å². The summed E-state index contributed by atoms with van der Waals surface area (Å²) in [6.45, 7) is 3.25. The van der Waals surface area contributed by atoms with E-state index in [2.05, 4.69) is 29.2 Å². The second kappa shape index (κ2) is 4.17. The summed E-state index contributed by atoms with van der Waals surface area (Å²) in [4.78, 5) is 2.33. The van der Waals surface area contributed by atoms with Gasteiger partial charge in [-0.1, -0.05) is 24.3 Å². The number of rotatable bonds is 1. The largest absolute Gasteiger partial charge is 0.391 e. The van der Waals surface area contributed by atoms with Crippen LogP contribution < -0.4 is 0 Å². The molecule has 1 saturated heterocycles. The van der Waals surface area contributed by atoms with Crippen molar-refractivity contribution in [3.63, 3.8) is 0 Å². The first kappa shape index (κ1) is 10.3. The standard InChI is InChI=1S/C13H17NO2/c15-13-5-6-16-9-12(13)14-7-10-3-1-2-4-11(10)8-14/h1-4,12-13,15H,5-9H2. The molecule has 2 atom stereocenters. The van der Waals surface area contributed by atoms with Crippen LogP contribution in [0.5, 0.6) is 0 Å². The fourth-order valence-electron chi connectivity index (χ4n) is 2.65. The van der Waals surface area contributed by atoms with E-state index in [-0.39, 0.29) is 12.1 Å². The molecule has 0 saturated carbocycles. The molecule has 2 aliphatic rings. The molecule has 0 amide bonds. The number of ether oxygens (including phenoxy) is 1. The molecule has 2 unspecified atom stereocenters. The van der Waals surface area contributed by atoms with Crippen molar-refractivity contribution in [3.8, 4) is 0 Å². The van der Waals surface area contributed by atoms with Crippen LogP contribution in [-0.4, -0.2) is 35.4 Å². The predicted octanol–water partition coefficient (Wildman–Crippen LogP) is 1.15. The van der Waals surface area contributed by atoms with Crippen molar-refractivity contribution in [1.82, 2.24) is 4.90 Å². The van der Waals surface area contributed by atoms with Gasteiger partial charge in [-0.2, -0.15) is 0 Å². The fourth-order valence-corrected chi connectivity index (χ4v) is 2.65. The molecule has 16 heavy (non-hydrogen) atoms. The second-order valence-electron chi connectivity index (χ2n) is 4.67. The van der Waals surface area contributed by atoms with Gasteiger partial charge >= 0.3 is 0 Å². The van der Waals surface area contributed by atoms with Crippen molar-refractivity contribution in [2.75, 3.05) is 13.2 Å². The van der Waals surface area contributed by atoms with Crippen LogP contribution in [0.15, 0.2) is 24.3 Å². The van der Waals surface area contributed by atoms with Crippen LogP contribution in [-0.2, 0) is 17.8 Å². The highest BCUT2D eigenvalue weighted by atomic mass is 16.5. The van der Waals surface area contributed by atoms with Gasteiger partial charge in [-0.15, -0.1) is 0 Å². The second-order valence-corrected chi connectivity index (χ2v) is 4.67. The maximum Gasteiger partial charge on any atom is 0.0740 e. The molecule has 0 aromatic heterocycles. The molecular formula is C13H17NO2. The lowest BCUT2D eigenvalue weighted by Gasteiger charge is -2.34. The van der Waals surface area contributed by atoms with E-state index in [1.807, 2.05) is 0 Å². The minimum atomic E-state index is -0.233. The highest BCUT2D eigenvalue weighted by Gasteiger charge is 2.32. The number of nitrogens with zero attached hydrogens (tertiary/aromatic N) is 1. The Morgan fingerprint density at radius 1 is 1.19 bits per heavy atom. The van der Waals surface area contributed by atoms with Gasteiger partial charge in [0.05, 0.1) is 18.8 Å². The zero-order chi connectivity index (χ0) is 11.0. The quantitative estimate of drug-likeness (QED) is 0.769. The van der Waals surface area contributed by atoms with Gasteiger partial charge in [0.15, 0.2) is 0 Å². The molecule has 1 aromatic rings. The summed E-state index contributed by atoms with van der Waals surface area (Å²) < 4.78 is 5.46. The van der Waals surface area contributed by atoms with E-state index in [0.717, 1.165) is 19.5 Å². The molecule has 1 fully saturated rings. The van der Waals surface area contributed by atoms with Crippen LogP contribution in [0.25, 0.3) is 0 Å². The minimum Gasteiger partial charge on any atom is -0.391 e. The zero-order valence-corrected chi connectivity index (χ0v) is 9.30. The Labute approximate surface area is 95.6 Å². The number of aliphatic hydroxyl groups excluding tert-OH is 1. The summed E-state index contributed by atoms with van der Waals surface area (Å²) in [5, 5.41) is 9.99. The molecule has 2 heterocycles. The lowest BCUT2D eigenvalue weighted by Crippen LogP contribution is -2.47. The lowest BCUT2D eigenvalue weighted by atomic mass is 10.1. The predicted molar refractivity (Wildman–Crippen MR) is 60.9 cm³/mol. The molecule has 1 aromatic carbocycles. The molecule has 0 radical (unpaired) electrons. The highest BCUT2D eigenvalue weighted by molar-refractivity contribution is 5.30. The van der Waals surface area contributed by atoms with Gasteiger partial charge in [-0.3, -0.25) is 4.90 Å². The van der Waals surface area contributed by atoms with Crippen LogP contribution in [0.1, 0.15) is 17.5 Å². The van der Waals surface area contributed by atoms with Gasteiger partial charge in [0.2, 0.25) is 0 Å². The van der Waals surface area contributed by atoms with Crippen molar-refractivity contribution in [2.24, 2.45) is 0 Å². The minimum absolute atomic E-state index is 0.168. The summed E-state index contributed by atoms with van der Waals surface area (Å²) in [5.74, 6) is 0. The third kappa shape index (κ3) is 1.75. The molecule has 86 valence electrons. The molecule has 0 bridgehead atoms. The van der Waals surface area contributed by atoms with E-state index < -0.39 is 0 Å². The summed E-state index contributed by atoms with van der Waals surface area (Å²) in [7, 11) is 0. The van der Waals surface area contributed by atoms with E-state index in [1.54, 1.807) is 0 Å². The topological polar surface area (TPSA) is 32.7 Å². The monoisotopic (exact) mass is 219 g/mol. The van der Waals surface area contributed by atoms with Gasteiger partial charge in [-0.05, 0) is 17.5 Å². The maximum atomic E-state index is 9.99. The summed E-state index contributed by atoms with van der Waals surface area (Å²) in [6.07, 6.45) is 0.528. The first-order chi connectivity index (χ1) is 7.84. The molecule has 0 aliphatic carbocycles. The van der Waals surface area contributed by atoms with Crippen molar-refractivity contribution >= 4 is 0 Å². The van der Waals surface area contributed by atoms with Crippen LogP contribution in [0.2, 0.25) is 0 Å². The van der Waals surface area contributed by atoms with Crippen LogP contribution in [0.3, 0.4) is 0 Å². The van der Waals surface area contributed by atoms with Crippen molar-refractivity contribution in [3.05, 3.63) is 35.4 Å². The third-order valence-electron chi connectivity index (χ3n) is 3.62. The van der Waals surface area contributed by atoms with Crippen LogP contribution in [0, 0.1) is 0 Å². The number of fused-ring (bicyclic) bond motifs is 1. The number of aliphatic hydroxyl groups is 1. The first-order valence-electron chi connectivity index (χ1n) is 5.91. The Morgan fingerprint density at radius 3 is 2.50 bits per heavy atom. The van der Waals surface area contributed by atoms with Gasteiger partial charge in [-0.25, -0.2) is 0 Å². The molecule has 2 aliphatic heterocycles. The molecule has 3 rings (SSSR count). The SMILES string of the molecule is OC1CCOCC1N1Cc2ccccc2C1. The molecule has 3 nitrogen and oxygen atoms in total. The van der Waals surface area contributed by atoms with E-state index in [0.29, 0.717) is 13.2 Å². The molecule has 1 N–H and O–H groups in total. The first-order valence-corrected chi connectivity index (χ1v) is 5.91. The Balaban J connectivity index is 1.75. The fraction of sp³-hybridized carbons (Fsp3) is 0.538. The average molecular weight is 219 g/mol. The van der Waals surface area contributed by atoms with Crippen LogP contribution >= 0.6 is 0 Å². The van der Waals surface area contributed by atoms with Gasteiger partial charge in [0.25, 0.3) is 0 Å². The Morgan fingerprint density at radius 2 is 1.88 bits per heavy atom. The summed E-state index contributed by atoms with van der Waals surface area (Å²) >= 11 is 0. The van der Waals surface area contributed by atoms with E-state index in [9.17, 15) is 5.11 Å². The lowest BCUT2D eigenvalue weighted by molar-refractivity contribution is -0.0630. The van der Waals surface area contributed by atoms with Crippen molar-refractivity contribution < 1.29 is 9.84 Å². The van der Waals surface area contributed by atoms with Crippen LogP contribution in [0.4, 0.5) is 0 Å². The molecular weight excluding hydrogens is 202 g/mol. The van der Waals surface area contributed by atoms with Gasteiger partial charge in [0, 0.05) is 19.7 Å². The number of hydrogen-bond donors (Lipinski definition) is 1. The van der Waals surface area contributed by atoms with E-state index >= 15 is 0 Å². The summed E-state index contributed by atoms with van der Waals surface area (Å²) in [6, 6.07) is 8.67. The molecule has 3 heteroatoms. The normalized spacial score (nSPS) is 30.3. The average Bonchev–Trinajstić information content (AvgIpc) is 2.73. The summed E-state index contributed by atoms with van der Waals surface area (Å²) in [5.41, 5.74) is 2.78. The van der Waals surface area contributed by atoms with Crippen molar-refractivity contribution in [1.29, 1.82) is 0 Å². The Hall–Kier alpha value is -0.900. The third-order valence-corrected chi connectivity index (χ3v) is 3.62. The number of hydrogen-bond acceptors (Lipinski definition) is 3. The molecule has 0 spiro atoms. The highest BCUT2D eigenvalue weighted by Crippen LogP contribution is 2.27. The maximum absolute atomic E-state index is 9.99. The Kier molecular flexibility index (Phi) is 2.67. The zero-order valence-electron chi connectivity index (χ0n) is 9.30. The van der Waals surface area contributed by atoms with Gasteiger partial charge in [0.1, 0.15) is 0 Å². The van der Waals surface area contributed by atoms with Crippen molar-refractivity contribution in [2.45, 2.75) is 31.7 Å².